The van der Waals surface area contributed by atoms with Gasteiger partial charge in [-0.2, -0.15) is 0 Å². The molecule has 1 unspecified atom stereocenters. The van der Waals surface area contributed by atoms with E-state index in [0.29, 0.717) is 13.0 Å². The summed E-state index contributed by atoms with van der Waals surface area (Å²) < 4.78 is 5.95. The van der Waals surface area contributed by atoms with Crippen LogP contribution in [0.15, 0.2) is 24.3 Å². The van der Waals surface area contributed by atoms with Crippen LogP contribution in [0.1, 0.15) is 80.3 Å². The number of rotatable bonds is 10. The summed E-state index contributed by atoms with van der Waals surface area (Å²) in [4.78, 5) is 13.5. The summed E-state index contributed by atoms with van der Waals surface area (Å²) in [6.07, 6.45) is 3.92. The van der Waals surface area contributed by atoms with E-state index in [9.17, 15) is 9.90 Å². The van der Waals surface area contributed by atoms with E-state index in [2.05, 4.69) is 45.9 Å². The van der Waals surface area contributed by atoms with Crippen LogP contribution in [-0.2, 0) is 16.6 Å². The highest BCUT2D eigenvalue weighted by atomic mass is 32.1. The van der Waals surface area contributed by atoms with Gasteiger partial charge in [0.1, 0.15) is 18.6 Å². The van der Waals surface area contributed by atoms with Gasteiger partial charge < -0.3 is 14.6 Å². The summed E-state index contributed by atoms with van der Waals surface area (Å²) in [5.74, 6) is 0.831. The topological polar surface area (TPSA) is 46.5 Å². The molecule has 0 amide bonds. The molecular weight excluding hydrogens is 392 g/mol. The molecule has 0 saturated heterocycles. The van der Waals surface area contributed by atoms with Crippen molar-refractivity contribution in [2.45, 2.75) is 85.7 Å². The van der Waals surface area contributed by atoms with Crippen LogP contribution < -0.4 is 4.74 Å². The number of aldehydes is 1. The standard InChI is InChI=1S/C26H38O3S/c1-8-26(9-2,24-16-19(4)22(30-24)11-10-14-27)20-12-13-21(18(3)15-20)29-17-23(28)25(5,6)7/h12-16,23,28H,8-11,17H2,1-7H3. The molecule has 0 aliphatic heterocycles. The monoisotopic (exact) mass is 430 g/mol. The molecule has 2 rings (SSSR count). The van der Waals surface area contributed by atoms with Crippen molar-refractivity contribution < 1.29 is 14.6 Å². The van der Waals surface area contributed by atoms with Crippen molar-refractivity contribution in [3.8, 4) is 5.75 Å². The molecule has 4 heteroatoms. The van der Waals surface area contributed by atoms with Crippen molar-refractivity contribution in [1.29, 1.82) is 0 Å². The molecule has 1 heterocycles. The number of aliphatic hydroxyl groups is 1. The quantitative estimate of drug-likeness (QED) is 0.444. The Morgan fingerprint density at radius 3 is 2.30 bits per heavy atom. The number of thiophene rings is 1. The van der Waals surface area contributed by atoms with Gasteiger partial charge in [0.2, 0.25) is 0 Å². The van der Waals surface area contributed by atoms with Gasteiger partial charge in [0.05, 0.1) is 6.10 Å². The Bertz CT molecular complexity index is 840. The van der Waals surface area contributed by atoms with Crippen LogP contribution in [0.2, 0.25) is 0 Å². The third kappa shape index (κ3) is 5.33. The van der Waals surface area contributed by atoms with Crippen molar-refractivity contribution in [1.82, 2.24) is 0 Å². The van der Waals surface area contributed by atoms with Gasteiger partial charge in [0, 0.05) is 21.6 Å². The van der Waals surface area contributed by atoms with Gasteiger partial charge in [-0.15, -0.1) is 11.3 Å². The second-order valence-corrected chi connectivity index (χ2v) is 10.5. The smallest absolute Gasteiger partial charge is 0.122 e. The molecule has 2 aromatic rings. The van der Waals surface area contributed by atoms with Crippen LogP contribution in [-0.4, -0.2) is 24.1 Å². The van der Waals surface area contributed by atoms with Crippen molar-refractivity contribution in [2.75, 3.05) is 6.61 Å². The highest BCUT2D eigenvalue weighted by molar-refractivity contribution is 7.12. The molecule has 1 atom stereocenters. The average Bonchev–Trinajstić information content (AvgIpc) is 3.07. The third-order valence-electron chi connectivity index (χ3n) is 6.31. The SMILES string of the molecule is CCC(CC)(c1ccc(OCC(O)C(C)(C)C)c(C)c1)c1cc(C)c(CCC=O)s1. The normalized spacial score (nSPS) is 13.3. The van der Waals surface area contributed by atoms with E-state index in [1.807, 2.05) is 38.2 Å². The zero-order valence-corrected chi connectivity index (χ0v) is 20.5. The summed E-state index contributed by atoms with van der Waals surface area (Å²) in [6, 6.07) is 8.79. The highest BCUT2D eigenvalue weighted by Crippen LogP contribution is 2.44. The minimum Gasteiger partial charge on any atom is -0.491 e. The van der Waals surface area contributed by atoms with E-state index in [4.69, 9.17) is 4.74 Å². The summed E-state index contributed by atoms with van der Waals surface area (Å²) >= 11 is 1.85. The number of aryl methyl sites for hydroxylation is 3. The predicted molar refractivity (Wildman–Crippen MR) is 127 cm³/mol. The molecule has 0 saturated carbocycles. The molecule has 1 N–H and O–H groups in total. The maximum Gasteiger partial charge on any atom is 0.122 e. The van der Waals surface area contributed by atoms with Crippen molar-refractivity contribution >= 4 is 17.6 Å². The van der Waals surface area contributed by atoms with Gasteiger partial charge in [-0.05, 0) is 67.3 Å². The number of hydrogen-bond acceptors (Lipinski definition) is 4. The third-order valence-corrected chi connectivity index (χ3v) is 7.81. The molecule has 1 aromatic heterocycles. The number of ether oxygens (including phenoxy) is 1. The summed E-state index contributed by atoms with van der Waals surface area (Å²) in [5.41, 5.74) is 3.44. The van der Waals surface area contributed by atoms with Crippen molar-refractivity contribution in [3.05, 3.63) is 50.7 Å². The Kier molecular flexibility index (Phi) is 8.29. The van der Waals surface area contributed by atoms with Crippen LogP contribution in [0, 0.1) is 19.3 Å². The van der Waals surface area contributed by atoms with Crippen molar-refractivity contribution in [3.63, 3.8) is 0 Å². The lowest BCUT2D eigenvalue weighted by Crippen LogP contribution is -2.32. The molecule has 0 bridgehead atoms. The van der Waals surface area contributed by atoms with Gasteiger partial charge in [-0.25, -0.2) is 0 Å². The number of benzene rings is 1. The Morgan fingerprint density at radius 2 is 1.77 bits per heavy atom. The Morgan fingerprint density at radius 1 is 1.10 bits per heavy atom. The average molecular weight is 431 g/mol. The molecule has 1 aromatic carbocycles. The number of hydrogen-bond donors (Lipinski definition) is 1. The van der Waals surface area contributed by atoms with Gasteiger partial charge in [0.25, 0.3) is 0 Å². The van der Waals surface area contributed by atoms with Gasteiger partial charge in [0.15, 0.2) is 0 Å². The lowest BCUT2D eigenvalue weighted by Gasteiger charge is -2.32. The largest absolute Gasteiger partial charge is 0.491 e. The number of carbonyl (C=O) groups excluding carboxylic acids is 1. The van der Waals surface area contributed by atoms with E-state index in [-0.39, 0.29) is 10.8 Å². The Hall–Kier alpha value is -1.65. The summed E-state index contributed by atoms with van der Waals surface area (Å²) in [5, 5.41) is 10.3. The molecule has 0 radical (unpaired) electrons. The van der Waals surface area contributed by atoms with Crippen LogP contribution >= 0.6 is 11.3 Å². The van der Waals surface area contributed by atoms with E-state index < -0.39 is 6.10 Å². The maximum atomic E-state index is 10.8. The second kappa shape index (κ2) is 10.1. The van der Waals surface area contributed by atoms with E-state index in [1.165, 1.54) is 20.9 Å². The second-order valence-electron chi connectivity index (χ2n) is 9.38. The van der Waals surface area contributed by atoms with E-state index in [1.54, 1.807) is 0 Å². The molecule has 3 nitrogen and oxygen atoms in total. The zero-order valence-electron chi connectivity index (χ0n) is 19.7. The minimum atomic E-state index is -0.513. The molecule has 0 spiro atoms. The fraction of sp³-hybridized carbons (Fsp3) is 0.577. The van der Waals surface area contributed by atoms with Gasteiger partial charge in [-0.1, -0.05) is 46.8 Å². The molecule has 0 aliphatic carbocycles. The molecule has 0 fully saturated rings. The lowest BCUT2D eigenvalue weighted by molar-refractivity contribution is -0.107. The first kappa shape index (κ1) is 24.6. The fourth-order valence-electron chi connectivity index (χ4n) is 3.87. The fourth-order valence-corrected chi connectivity index (χ4v) is 5.41. The van der Waals surface area contributed by atoms with Crippen LogP contribution in [0.3, 0.4) is 0 Å². The minimum absolute atomic E-state index is 0.0386. The maximum absolute atomic E-state index is 10.8. The Labute approximate surface area is 186 Å². The lowest BCUT2D eigenvalue weighted by atomic mass is 9.74. The highest BCUT2D eigenvalue weighted by Gasteiger charge is 2.33. The van der Waals surface area contributed by atoms with E-state index >= 15 is 0 Å². The first-order valence-corrected chi connectivity index (χ1v) is 11.9. The first-order chi connectivity index (χ1) is 14.1. The van der Waals surface area contributed by atoms with Gasteiger partial charge in [-0.3, -0.25) is 0 Å². The number of carbonyl (C=O) groups is 1. The van der Waals surface area contributed by atoms with Gasteiger partial charge >= 0.3 is 0 Å². The summed E-state index contributed by atoms with van der Waals surface area (Å²) in [7, 11) is 0. The predicted octanol–water partition coefficient (Wildman–Crippen LogP) is 6.39. The molecular formula is C26H38O3S. The number of aliphatic hydroxyl groups excluding tert-OH is 1. The van der Waals surface area contributed by atoms with Crippen molar-refractivity contribution in [2.24, 2.45) is 5.41 Å². The molecule has 0 aliphatic rings. The van der Waals surface area contributed by atoms with Crippen LogP contribution in [0.4, 0.5) is 0 Å². The first-order valence-electron chi connectivity index (χ1n) is 11.0. The summed E-state index contributed by atoms with van der Waals surface area (Å²) in [6.45, 7) is 15.1. The van der Waals surface area contributed by atoms with E-state index in [0.717, 1.165) is 36.9 Å². The van der Waals surface area contributed by atoms with Crippen LogP contribution in [0.25, 0.3) is 0 Å². The Balaban J connectivity index is 2.34. The molecule has 166 valence electrons. The molecule has 30 heavy (non-hydrogen) atoms. The zero-order chi connectivity index (χ0) is 22.5. The van der Waals surface area contributed by atoms with Crippen LogP contribution in [0.5, 0.6) is 5.75 Å².